The third-order valence-electron chi connectivity index (χ3n) is 2.18. The van der Waals surface area contributed by atoms with Gasteiger partial charge in [0.1, 0.15) is 5.75 Å². The highest BCUT2D eigenvalue weighted by molar-refractivity contribution is 9.09. The molecule has 3 nitrogen and oxygen atoms in total. The van der Waals surface area contributed by atoms with Crippen LogP contribution < -0.4 is 10.1 Å². The lowest BCUT2D eigenvalue weighted by Gasteiger charge is -2.07. The largest absolute Gasteiger partial charge is 0.494 e. The van der Waals surface area contributed by atoms with Crippen molar-refractivity contribution in [3.05, 3.63) is 29.8 Å². The molecule has 0 heterocycles. The lowest BCUT2D eigenvalue weighted by Crippen LogP contribution is -2.23. The first-order valence-electron chi connectivity index (χ1n) is 5.85. The molecule has 0 unspecified atom stereocenters. The fourth-order valence-corrected chi connectivity index (χ4v) is 1.54. The minimum Gasteiger partial charge on any atom is -0.494 e. The van der Waals surface area contributed by atoms with Gasteiger partial charge in [-0.25, -0.2) is 0 Å². The van der Waals surface area contributed by atoms with Gasteiger partial charge in [-0.3, -0.25) is 4.79 Å². The zero-order valence-electron chi connectivity index (χ0n) is 10.0. The monoisotopic (exact) mass is 299 g/mol. The van der Waals surface area contributed by atoms with E-state index >= 15 is 0 Å². The molecule has 94 valence electrons. The van der Waals surface area contributed by atoms with Crippen molar-refractivity contribution in [1.29, 1.82) is 0 Å². The average molecular weight is 300 g/mol. The normalized spacial score (nSPS) is 10.0. The highest BCUT2D eigenvalue weighted by Gasteiger charge is 2.05. The minimum atomic E-state index is -0.0437. The zero-order chi connectivity index (χ0) is 12.5. The number of hydrogen-bond acceptors (Lipinski definition) is 2. The number of benzene rings is 1. The Morgan fingerprint density at radius 1 is 1.47 bits per heavy atom. The molecule has 0 aliphatic carbocycles. The number of nitrogens with one attached hydrogen (secondary N) is 1. The second kappa shape index (κ2) is 8.12. The number of amides is 1. The summed E-state index contributed by atoms with van der Waals surface area (Å²) >= 11 is 3.34. The number of alkyl halides is 1. The van der Waals surface area contributed by atoms with Gasteiger partial charge in [-0.2, -0.15) is 0 Å². The van der Waals surface area contributed by atoms with Gasteiger partial charge in [-0.15, -0.1) is 0 Å². The summed E-state index contributed by atoms with van der Waals surface area (Å²) in [5.74, 6) is 0.702. The average Bonchev–Trinajstić information content (AvgIpc) is 2.36. The Balaban J connectivity index is 2.55. The van der Waals surface area contributed by atoms with Crippen LogP contribution in [0, 0.1) is 0 Å². The highest BCUT2D eigenvalue weighted by atomic mass is 79.9. The molecule has 17 heavy (non-hydrogen) atoms. The molecule has 0 radical (unpaired) electrons. The molecule has 1 rings (SSSR count). The van der Waals surface area contributed by atoms with Crippen molar-refractivity contribution in [2.75, 3.05) is 18.5 Å². The number of ether oxygens (including phenoxy) is 1. The smallest absolute Gasteiger partial charge is 0.251 e. The molecule has 1 amide bonds. The van der Waals surface area contributed by atoms with Crippen molar-refractivity contribution in [1.82, 2.24) is 5.32 Å². The first kappa shape index (κ1) is 14.0. The van der Waals surface area contributed by atoms with Gasteiger partial charge in [0.15, 0.2) is 0 Å². The van der Waals surface area contributed by atoms with Crippen molar-refractivity contribution < 1.29 is 9.53 Å². The Morgan fingerprint density at radius 2 is 2.29 bits per heavy atom. The van der Waals surface area contributed by atoms with Crippen LogP contribution in [0.4, 0.5) is 0 Å². The molecule has 0 fully saturated rings. The van der Waals surface area contributed by atoms with Gasteiger partial charge in [0, 0.05) is 17.4 Å². The van der Waals surface area contributed by atoms with E-state index in [9.17, 15) is 4.79 Å². The number of hydrogen-bond donors (Lipinski definition) is 1. The fourth-order valence-electron chi connectivity index (χ4n) is 1.31. The van der Waals surface area contributed by atoms with Crippen molar-refractivity contribution in [3.8, 4) is 5.75 Å². The van der Waals surface area contributed by atoms with Crippen LogP contribution in [0.2, 0.25) is 0 Å². The summed E-state index contributed by atoms with van der Waals surface area (Å²) in [5, 5.41) is 3.76. The van der Waals surface area contributed by atoms with Crippen LogP contribution in [-0.4, -0.2) is 24.4 Å². The Morgan fingerprint density at radius 3 is 3.00 bits per heavy atom. The maximum atomic E-state index is 11.7. The summed E-state index contributed by atoms with van der Waals surface area (Å²) in [5.41, 5.74) is 0.648. The SMILES string of the molecule is CCCNC(=O)c1cccc(OCCCBr)c1. The van der Waals surface area contributed by atoms with E-state index < -0.39 is 0 Å². The molecule has 0 aliphatic heterocycles. The lowest BCUT2D eigenvalue weighted by atomic mass is 10.2. The summed E-state index contributed by atoms with van der Waals surface area (Å²) < 4.78 is 5.53. The van der Waals surface area contributed by atoms with Crippen molar-refractivity contribution in [2.45, 2.75) is 19.8 Å². The molecule has 0 aliphatic rings. The minimum absolute atomic E-state index is 0.0437. The molecular weight excluding hydrogens is 282 g/mol. The predicted octanol–water partition coefficient (Wildman–Crippen LogP) is 2.99. The van der Waals surface area contributed by atoms with E-state index in [-0.39, 0.29) is 5.91 Å². The van der Waals surface area contributed by atoms with Crippen LogP contribution in [0.25, 0.3) is 0 Å². The third kappa shape index (κ3) is 5.22. The number of halogens is 1. The quantitative estimate of drug-likeness (QED) is 0.621. The van der Waals surface area contributed by atoms with Crippen molar-refractivity contribution in [3.63, 3.8) is 0 Å². The fraction of sp³-hybridized carbons (Fsp3) is 0.462. The second-order valence-electron chi connectivity index (χ2n) is 3.67. The topological polar surface area (TPSA) is 38.3 Å². The van der Waals surface area contributed by atoms with Gasteiger partial charge in [0.05, 0.1) is 6.61 Å². The van der Waals surface area contributed by atoms with E-state index in [1.165, 1.54) is 0 Å². The molecule has 1 aromatic rings. The molecule has 0 spiro atoms. The Hall–Kier alpha value is -1.03. The Labute approximate surface area is 111 Å². The van der Waals surface area contributed by atoms with Gasteiger partial charge < -0.3 is 10.1 Å². The standard InChI is InChI=1S/C13H18BrNO2/c1-2-8-15-13(16)11-5-3-6-12(10-11)17-9-4-7-14/h3,5-6,10H,2,4,7-9H2,1H3,(H,15,16). The van der Waals surface area contributed by atoms with Gasteiger partial charge in [-0.1, -0.05) is 28.9 Å². The summed E-state index contributed by atoms with van der Waals surface area (Å²) in [6.45, 7) is 3.39. The molecule has 0 saturated heterocycles. The maximum Gasteiger partial charge on any atom is 0.251 e. The number of carbonyl (C=O) groups excluding carboxylic acids is 1. The molecule has 0 saturated carbocycles. The van der Waals surface area contributed by atoms with Gasteiger partial charge in [-0.05, 0) is 31.0 Å². The van der Waals surface area contributed by atoms with Crippen LogP contribution >= 0.6 is 15.9 Å². The molecule has 4 heteroatoms. The lowest BCUT2D eigenvalue weighted by molar-refractivity contribution is 0.0953. The van der Waals surface area contributed by atoms with Gasteiger partial charge in [0.2, 0.25) is 0 Å². The van der Waals surface area contributed by atoms with Gasteiger partial charge >= 0.3 is 0 Å². The highest BCUT2D eigenvalue weighted by Crippen LogP contribution is 2.13. The second-order valence-corrected chi connectivity index (χ2v) is 4.47. The van der Waals surface area contributed by atoms with Crippen LogP contribution in [0.1, 0.15) is 30.1 Å². The Bertz CT molecular complexity index is 355. The zero-order valence-corrected chi connectivity index (χ0v) is 11.6. The van der Waals surface area contributed by atoms with E-state index in [0.717, 1.165) is 23.9 Å². The van der Waals surface area contributed by atoms with E-state index in [1.54, 1.807) is 12.1 Å². The summed E-state index contributed by atoms with van der Waals surface area (Å²) in [6, 6.07) is 7.27. The van der Waals surface area contributed by atoms with E-state index in [0.29, 0.717) is 18.7 Å². The first-order valence-corrected chi connectivity index (χ1v) is 6.97. The van der Waals surface area contributed by atoms with E-state index in [4.69, 9.17) is 4.74 Å². The molecule has 1 N–H and O–H groups in total. The maximum absolute atomic E-state index is 11.7. The number of carbonyl (C=O) groups is 1. The molecule has 0 bridgehead atoms. The van der Waals surface area contributed by atoms with Crippen molar-refractivity contribution >= 4 is 21.8 Å². The van der Waals surface area contributed by atoms with E-state index in [2.05, 4.69) is 21.2 Å². The van der Waals surface area contributed by atoms with Crippen LogP contribution in [0.3, 0.4) is 0 Å². The molecular formula is C13H18BrNO2. The van der Waals surface area contributed by atoms with Crippen molar-refractivity contribution in [2.24, 2.45) is 0 Å². The summed E-state index contributed by atoms with van der Waals surface area (Å²) in [4.78, 5) is 11.7. The first-order chi connectivity index (χ1) is 8.27. The van der Waals surface area contributed by atoms with Gasteiger partial charge in [0.25, 0.3) is 5.91 Å². The predicted molar refractivity (Wildman–Crippen MR) is 73.0 cm³/mol. The molecule has 1 aromatic carbocycles. The molecule has 0 aromatic heterocycles. The van der Waals surface area contributed by atoms with Crippen LogP contribution in [-0.2, 0) is 0 Å². The number of rotatable bonds is 7. The van der Waals surface area contributed by atoms with Crippen LogP contribution in [0.15, 0.2) is 24.3 Å². The van der Waals surface area contributed by atoms with E-state index in [1.807, 2.05) is 19.1 Å². The van der Waals surface area contributed by atoms with Crippen LogP contribution in [0.5, 0.6) is 5.75 Å². The Kier molecular flexibility index (Phi) is 6.70. The molecule has 0 atom stereocenters. The third-order valence-corrected chi connectivity index (χ3v) is 2.74. The summed E-state index contributed by atoms with van der Waals surface area (Å²) in [6.07, 6.45) is 1.89. The summed E-state index contributed by atoms with van der Waals surface area (Å²) in [7, 11) is 0.